The zero-order chi connectivity index (χ0) is 19.9. The highest BCUT2D eigenvalue weighted by Gasteiger charge is 2.14. The van der Waals surface area contributed by atoms with E-state index in [1.807, 2.05) is 25.1 Å². The predicted octanol–water partition coefficient (Wildman–Crippen LogP) is 3.67. The lowest BCUT2D eigenvalue weighted by Crippen LogP contribution is -2.22. The Balaban J connectivity index is 1.72. The van der Waals surface area contributed by atoms with Gasteiger partial charge in [0.25, 0.3) is 11.8 Å². The molecule has 0 fully saturated rings. The summed E-state index contributed by atoms with van der Waals surface area (Å²) in [4.78, 5) is 29.7. The van der Waals surface area contributed by atoms with Gasteiger partial charge in [0.15, 0.2) is 5.82 Å². The first-order chi connectivity index (χ1) is 13.6. The topological polar surface area (TPSA) is 97.1 Å². The Morgan fingerprint density at radius 1 is 1.11 bits per heavy atom. The van der Waals surface area contributed by atoms with Crippen molar-refractivity contribution in [3.8, 4) is 0 Å². The van der Waals surface area contributed by atoms with Gasteiger partial charge in [0.2, 0.25) is 5.89 Å². The lowest BCUT2D eigenvalue weighted by atomic mass is 10.1. The van der Waals surface area contributed by atoms with Gasteiger partial charge >= 0.3 is 0 Å². The molecule has 3 aromatic rings. The average Bonchev–Trinajstić information content (AvgIpc) is 3.12. The Morgan fingerprint density at radius 3 is 2.68 bits per heavy atom. The van der Waals surface area contributed by atoms with Crippen molar-refractivity contribution in [2.45, 2.75) is 24.5 Å². The second kappa shape index (κ2) is 9.18. The second-order valence-electron chi connectivity index (χ2n) is 5.91. The summed E-state index contributed by atoms with van der Waals surface area (Å²) >= 11 is 1.46. The predicted molar refractivity (Wildman–Crippen MR) is 107 cm³/mol. The summed E-state index contributed by atoms with van der Waals surface area (Å²) in [5.41, 5.74) is 1.59. The van der Waals surface area contributed by atoms with Crippen molar-refractivity contribution in [1.82, 2.24) is 15.5 Å². The fourth-order valence-corrected chi connectivity index (χ4v) is 3.41. The molecule has 3 rings (SSSR count). The van der Waals surface area contributed by atoms with Crippen molar-refractivity contribution in [2.75, 3.05) is 11.9 Å². The Labute approximate surface area is 166 Å². The van der Waals surface area contributed by atoms with Crippen molar-refractivity contribution >= 4 is 29.3 Å². The molecule has 2 aromatic carbocycles. The van der Waals surface area contributed by atoms with E-state index in [9.17, 15) is 9.59 Å². The minimum Gasteiger partial charge on any atom is -0.352 e. The lowest BCUT2D eigenvalue weighted by molar-refractivity contribution is 0.0954. The van der Waals surface area contributed by atoms with Gasteiger partial charge in [0.05, 0.1) is 11.3 Å². The molecule has 1 heterocycles. The Hall–Kier alpha value is -3.13. The number of aromatic nitrogens is 2. The zero-order valence-electron chi connectivity index (χ0n) is 15.6. The van der Waals surface area contributed by atoms with Gasteiger partial charge in [0, 0.05) is 29.6 Å². The number of carbonyl (C=O) groups excluding carboxylic acids is 2. The summed E-state index contributed by atoms with van der Waals surface area (Å²) in [6, 6.07) is 14.2. The number of thioether (sulfide) groups is 1. The van der Waals surface area contributed by atoms with Crippen LogP contribution in [0.25, 0.3) is 0 Å². The maximum atomic E-state index is 12.8. The molecule has 28 heavy (non-hydrogen) atoms. The fourth-order valence-electron chi connectivity index (χ4n) is 2.52. The zero-order valence-corrected chi connectivity index (χ0v) is 16.4. The molecule has 0 bridgehead atoms. The van der Waals surface area contributed by atoms with Crippen LogP contribution in [0.15, 0.2) is 57.9 Å². The molecular weight excluding hydrogens is 376 g/mol. The average molecular weight is 396 g/mol. The van der Waals surface area contributed by atoms with Crippen LogP contribution in [0.2, 0.25) is 0 Å². The molecule has 7 nitrogen and oxygen atoms in total. The fraction of sp³-hybridized carbons (Fsp3) is 0.200. The summed E-state index contributed by atoms with van der Waals surface area (Å²) < 4.78 is 4.97. The Kier molecular flexibility index (Phi) is 6.44. The first-order valence-corrected chi connectivity index (χ1v) is 9.76. The molecule has 144 valence electrons. The molecule has 0 spiro atoms. The van der Waals surface area contributed by atoms with Gasteiger partial charge in [0.1, 0.15) is 0 Å². The number of nitrogens with zero attached hydrogens (tertiary/aromatic N) is 2. The summed E-state index contributed by atoms with van der Waals surface area (Å²) in [6.07, 6.45) is 0. The highest BCUT2D eigenvalue weighted by atomic mass is 32.2. The number of aryl methyl sites for hydroxylation is 1. The van der Waals surface area contributed by atoms with E-state index in [-0.39, 0.29) is 11.8 Å². The summed E-state index contributed by atoms with van der Waals surface area (Å²) in [6.45, 7) is 4.13. The highest BCUT2D eigenvalue weighted by molar-refractivity contribution is 7.98. The maximum Gasteiger partial charge on any atom is 0.256 e. The van der Waals surface area contributed by atoms with Crippen LogP contribution in [0.3, 0.4) is 0 Å². The first kappa shape index (κ1) is 19.6. The van der Waals surface area contributed by atoms with Crippen LogP contribution in [0, 0.1) is 6.92 Å². The van der Waals surface area contributed by atoms with E-state index in [1.165, 1.54) is 11.8 Å². The summed E-state index contributed by atoms with van der Waals surface area (Å²) in [5.74, 6) is 1.15. The summed E-state index contributed by atoms with van der Waals surface area (Å²) in [5, 5.41) is 9.47. The van der Waals surface area contributed by atoms with Crippen LogP contribution in [-0.2, 0) is 5.75 Å². The second-order valence-corrected chi connectivity index (χ2v) is 6.93. The number of benzene rings is 2. The third-order valence-corrected chi connectivity index (χ3v) is 4.85. The van der Waals surface area contributed by atoms with E-state index in [2.05, 4.69) is 20.8 Å². The third kappa shape index (κ3) is 4.98. The Morgan fingerprint density at radius 2 is 1.93 bits per heavy atom. The van der Waals surface area contributed by atoms with E-state index in [0.29, 0.717) is 40.8 Å². The standard InChI is InChI=1S/C20H20N4O3S/c1-3-21-19(25)14-7-6-8-15(11-14)23-20(26)16-9-4-5-10-17(16)28-12-18-22-13(2)27-24-18/h4-11H,3,12H2,1-2H3,(H,21,25)(H,23,26). The number of rotatable bonds is 7. The minimum atomic E-state index is -0.250. The van der Waals surface area contributed by atoms with E-state index < -0.39 is 0 Å². The van der Waals surface area contributed by atoms with E-state index in [1.54, 1.807) is 37.3 Å². The van der Waals surface area contributed by atoms with Gasteiger partial charge in [-0.2, -0.15) is 4.98 Å². The molecule has 2 amide bonds. The minimum absolute atomic E-state index is 0.176. The quantitative estimate of drug-likeness (QED) is 0.592. The molecule has 0 aliphatic rings. The van der Waals surface area contributed by atoms with Crippen molar-refractivity contribution in [1.29, 1.82) is 0 Å². The molecule has 0 saturated carbocycles. The van der Waals surface area contributed by atoms with Gasteiger partial charge in [-0.3, -0.25) is 9.59 Å². The summed E-state index contributed by atoms with van der Waals surface area (Å²) in [7, 11) is 0. The lowest BCUT2D eigenvalue weighted by Gasteiger charge is -2.10. The number of hydrogen-bond donors (Lipinski definition) is 2. The van der Waals surface area contributed by atoms with Crippen LogP contribution in [0.1, 0.15) is 39.4 Å². The van der Waals surface area contributed by atoms with Crippen LogP contribution >= 0.6 is 11.8 Å². The van der Waals surface area contributed by atoms with Gasteiger partial charge in [-0.05, 0) is 37.3 Å². The molecule has 0 aliphatic carbocycles. The molecule has 0 unspecified atom stereocenters. The van der Waals surface area contributed by atoms with Crippen molar-refractivity contribution in [2.24, 2.45) is 0 Å². The number of nitrogens with one attached hydrogen (secondary N) is 2. The van der Waals surface area contributed by atoms with Crippen molar-refractivity contribution in [3.05, 3.63) is 71.4 Å². The number of hydrogen-bond acceptors (Lipinski definition) is 6. The van der Waals surface area contributed by atoms with E-state index in [0.717, 1.165) is 4.90 Å². The molecular formula is C20H20N4O3S. The number of carbonyl (C=O) groups is 2. The maximum absolute atomic E-state index is 12.8. The molecule has 8 heteroatoms. The van der Waals surface area contributed by atoms with Crippen LogP contribution in [-0.4, -0.2) is 28.5 Å². The number of anilines is 1. The third-order valence-electron chi connectivity index (χ3n) is 3.78. The first-order valence-electron chi connectivity index (χ1n) is 8.77. The smallest absolute Gasteiger partial charge is 0.256 e. The molecule has 0 radical (unpaired) electrons. The monoisotopic (exact) mass is 396 g/mol. The molecule has 0 aliphatic heterocycles. The molecule has 1 aromatic heterocycles. The van der Waals surface area contributed by atoms with Crippen LogP contribution < -0.4 is 10.6 Å². The molecule has 0 atom stereocenters. The largest absolute Gasteiger partial charge is 0.352 e. The SMILES string of the molecule is CCNC(=O)c1cccc(NC(=O)c2ccccc2SCc2noc(C)n2)c1. The van der Waals surface area contributed by atoms with Crippen molar-refractivity contribution < 1.29 is 14.1 Å². The van der Waals surface area contributed by atoms with Gasteiger partial charge in [-0.15, -0.1) is 11.8 Å². The van der Waals surface area contributed by atoms with Crippen LogP contribution in [0.5, 0.6) is 0 Å². The Bertz CT molecular complexity index is 987. The normalized spacial score (nSPS) is 10.5. The highest BCUT2D eigenvalue weighted by Crippen LogP contribution is 2.26. The van der Waals surface area contributed by atoms with Crippen LogP contribution in [0.4, 0.5) is 5.69 Å². The molecule has 2 N–H and O–H groups in total. The van der Waals surface area contributed by atoms with E-state index in [4.69, 9.17) is 4.52 Å². The van der Waals surface area contributed by atoms with E-state index >= 15 is 0 Å². The number of amides is 2. The molecule has 0 saturated heterocycles. The van der Waals surface area contributed by atoms with Crippen molar-refractivity contribution in [3.63, 3.8) is 0 Å². The van der Waals surface area contributed by atoms with Gasteiger partial charge < -0.3 is 15.2 Å². The van der Waals surface area contributed by atoms with Gasteiger partial charge in [-0.1, -0.05) is 23.4 Å². The van der Waals surface area contributed by atoms with Gasteiger partial charge in [-0.25, -0.2) is 0 Å².